The fourth-order valence-corrected chi connectivity index (χ4v) is 3.67. The second kappa shape index (κ2) is 4.66. The van der Waals surface area contributed by atoms with Crippen molar-refractivity contribution < 1.29 is 0 Å². The van der Waals surface area contributed by atoms with Crippen LogP contribution < -0.4 is 5.32 Å². The van der Waals surface area contributed by atoms with Crippen LogP contribution in [0, 0.1) is 6.92 Å². The molecule has 80 valence electrons. The van der Waals surface area contributed by atoms with Crippen molar-refractivity contribution in [2.24, 2.45) is 0 Å². The normalized spacial score (nSPS) is 13.0. The molecule has 2 aromatic heterocycles. The molecule has 15 heavy (non-hydrogen) atoms. The van der Waals surface area contributed by atoms with E-state index in [-0.39, 0.29) is 6.04 Å². The molecule has 0 aliphatic heterocycles. The zero-order valence-corrected chi connectivity index (χ0v) is 11.0. The molecule has 0 fully saturated rings. The minimum absolute atomic E-state index is 0.226. The van der Waals surface area contributed by atoms with Crippen LogP contribution >= 0.6 is 34.3 Å². The molecular weight excluding hydrogens is 246 g/mol. The summed E-state index contributed by atoms with van der Waals surface area (Å²) >= 11 is 9.63. The van der Waals surface area contributed by atoms with E-state index in [4.69, 9.17) is 11.6 Å². The molecular formula is C11H12ClNS2. The summed E-state index contributed by atoms with van der Waals surface area (Å²) in [7, 11) is 1.97. The van der Waals surface area contributed by atoms with Crippen LogP contribution in [0.4, 0.5) is 0 Å². The van der Waals surface area contributed by atoms with Crippen LogP contribution in [0.25, 0.3) is 0 Å². The third-order valence-electron chi connectivity index (χ3n) is 2.41. The summed E-state index contributed by atoms with van der Waals surface area (Å²) in [6.45, 7) is 2.14. The monoisotopic (exact) mass is 257 g/mol. The molecule has 1 nitrogen and oxygen atoms in total. The molecule has 0 aliphatic rings. The predicted octanol–water partition coefficient (Wildman–Crippen LogP) is 4.08. The summed E-state index contributed by atoms with van der Waals surface area (Å²) in [6.07, 6.45) is 0. The Morgan fingerprint density at radius 2 is 2.00 bits per heavy atom. The number of nitrogens with one attached hydrogen (secondary N) is 1. The fourth-order valence-electron chi connectivity index (χ4n) is 1.63. The average molecular weight is 258 g/mol. The Hall–Kier alpha value is -0.350. The van der Waals surface area contributed by atoms with Gasteiger partial charge in [-0.1, -0.05) is 11.6 Å². The van der Waals surface area contributed by atoms with Gasteiger partial charge in [-0.25, -0.2) is 0 Å². The van der Waals surface area contributed by atoms with Gasteiger partial charge in [-0.15, -0.1) is 22.7 Å². The van der Waals surface area contributed by atoms with Crippen molar-refractivity contribution in [1.29, 1.82) is 0 Å². The van der Waals surface area contributed by atoms with Gasteiger partial charge in [-0.05, 0) is 42.4 Å². The number of hydrogen-bond acceptors (Lipinski definition) is 3. The maximum atomic E-state index is 6.16. The minimum Gasteiger partial charge on any atom is -0.309 e. The highest BCUT2D eigenvalue weighted by Gasteiger charge is 2.18. The van der Waals surface area contributed by atoms with Gasteiger partial charge >= 0.3 is 0 Å². The molecule has 0 aliphatic carbocycles. The van der Waals surface area contributed by atoms with Gasteiger partial charge in [-0.3, -0.25) is 0 Å². The van der Waals surface area contributed by atoms with Crippen LogP contribution in [0.15, 0.2) is 22.9 Å². The summed E-state index contributed by atoms with van der Waals surface area (Å²) < 4.78 is 0. The second-order valence-electron chi connectivity index (χ2n) is 3.29. The van der Waals surface area contributed by atoms with Crippen molar-refractivity contribution in [1.82, 2.24) is 5.32 Å². The summed E-state index contributed by atoms with van der Waals surface area (Å²) in [5.41, 5.74) is 1.33. The zero-order chi connectivity index (χ0) is 10.8. The van der Waals surface area contributed by atoms with Gasteiger partial charge in [0, 0.05) is 9.75 Å². The average Bonchev–Trinajstić information content (AvgIpc) is 2.80. The first-order valence-corrected chi connectivity index (χ1v) is 6.82. The summed E-state index contributed by atoms with van der Waals surface area (Å²) in [5.74, 6) is 0. The first-order valence-electron chi connectivity index (χ1n) is 4.68. The van der Waals surface area contributed by atoms with E-state index in [9.17, 15) is 0 Å². The largest absolute Gasteiger partial charge is 0.309 e. The Morgan fingerprint density at radius 3 is 2.47 bits per heavy atom. The molecule has 1 unspecified atom stereocenters. The van der Waals surface area contributed by atoms with Crippen molar-refractivity contribution in [2.45, 2.75) is 13.0 Å². The van der Waals surface area contributed by atoms with Crippen molar-refractivity contribution in [3.8, 4) is 0 Å². The summed E-state index contributed by atoms with van der Waals surface area (Å²) in [5, 5.41) is 8.33. The topological polar surface area (TPSA) is 12.0 Å². The number of thiophene rings is 2. The van der Waals surface area contributed by atoms with Gasteiger partial charge in [0.15, 0.2) is 0 Å². The number of halogens is 1. The molecule has 0 radical (unpaired) electrons. The van der Waals surface area contributed by atoms with E-state index in [1.807, 2.05) is 18.5 Å². The van der Waals surface area contributed by atoms with Gasteiger partial charge in [0.2, 0.25) is 0 Å². The zero-order valence-electron chi connectivity index (χ0n) is 8.58. The fraction of sp³-hybridized carbons (Fsp3) is 0.273. The van der Waals surface area contributed by atoms with Gasteiger partial charge in [0.05, 0.1) is 11.1 Å². The third kappa shape index (κ3) is 2.11. The van der Waals surface area contributed by atoms with Crippen molar-refractivity contribution in [2.75, 3.05) is 7.05 Å². The van der Waals surface area contributed by atoms with E-state index in [1.54, 1.807) is 22.7 Å². The summed E-state index contributed by atoms with van der Waals surface area (Å²) in [4.78, 5) is 2.54. The molecule has 2 aromatic rings. The first-order chi connectivity index (χ1) is 7.24. The van der Waals surface area contributed by atoms with E-state index in [0.717, 1.165) is 5.02 Å². The quantitative estimate of drug-likeness (QED) is 0.874. The van der Waals surface area contributed by atoms with Crippen molar-refractivity contribution in [3.63, 3.8) is 0 Å². The number of hydrogen-bond donors (Lipinski definition) is 1. The van der Waals surface area contributed by atoms with Gasteiger partial charge in [0.1, 0.15) is 0 Å². The lowest BCUT2D eigenvalue weighted by Crippen LogP contribution is -2.16. The predicted molar refractivity (Wildman–Crippen MR) is 69.3 cm³/mol. The van der Waals surface area contributed by atoms with Crippen molar-refractivity contribution in [3.05, 3.63) is 43.2 Å². The lowest BCUT2D eigenvalue weighted by Gasteiger charge is -2.15. The lowest BCUT2D eigenvalue weighted by atomic mass is 10.1. The van der Waals surface area contributed by atoms with E-state index >= 15 is 0 Å². The molecule has 1 atom stereocenters. The van der Waals surface area contributed by atoms with Crippen LogP contribution in [0.3, 0.4) is 0 Å². The highest BCUT2D eigenvalue weighted by atomic mass is 35.5. The van der Waals surface area contributed by atoms with E-state index in [1.165, 1.54) is 15.3 Å². The molecule has 2 rings (SSSR count). The lowest BCUT2D eigenvalue weighted by molar-refractivity contribution is 0.703. The van der Waals surface area contributed by atoms with E-state index < -0.39 is 0 Å². The SMILES string of the molecule is CNC(c1ccsc1C)c1sccc1Cl. The van der Waals surface area contributed by atoms with E-state index in [0.29, 0.717) is 0 Å². The molecule has 0 spiro atoms. The maximum Gasteiger partial charge on any atom is 0.0694 e. The Labute approximate surface area is 103 Å². The molecule has 1 N–H and O–H groups in total. The van der Waals surface area contributed by atoms with Gasteiger partial charge in [-0.2, -0.15) is 0 Å². The van der Waals surface area contributed by atoms with Crippen LogP contribution in [-0.4, -0.2) is 7.05 Å². The van der Waals surface area contributed by atoms with Crippen LogP contribution in [0.2, 0.25) is 5.02 Å². The Morgan fingerprint density at radius 1 is 1.27 bits per heavy atom. The van der Waals surface area contributed by atoms with Crippen LogP contribution in [-0.2, 0) is 0 Å². The Bertz CT molecular complexity index is 407. The standard InChI is InChI=1S/C11H12ClNS2/c1-7-8(3-5-14-7)10(13-2)11-9(12)4-6-15-11/h3-6,10,13H,1-2H3. The van der Waals surface area contributed by atoms with Gasteiger partial charge < -0.3 is 5.32 Å². The molecule has 0 bridgehead atoms. The van der Waals surface area contributed by atoms with Gasteiger partial charge in [0.25, 0.3) is 0 Å². The van der Waals surface area contributed by atoms with Crippen LogP contribution in [0.1, 0.15) is 21.4 Å². The summed E-state index contributed by atoms with van der Waals surface area (Å²) in [6, 6.07) is 4.34. The second-order valence-corrected chi connectivity index (χ2v) is 5.76. The Balaban J connectivity index is 2.41. The Kier molecular flexibility index (Phi) is 3.46. The molecule has 0 saturated carbocycles. The highest BCUT2D eigenvalue weighted by Crippen LogP contribution is 2.35. The highest BCUT2D eigenvalue weighted by molar-refractivity contribution is 7.11. The molecule has 2 heterocycles. The first kappa shape index (κ1) is 11.1. The number of rotatable bonds is 3. The molecule has 4 heteroatoms. The maximum absolute atomic E-state index is 6.16. The smallest absolute Gasteiger partial charge is 0.0694 e. The molecule has 0 saturated heterocycles. The van der Waals surface area contributed by atoms with E-state index in [2.05, 4.69) is 23.7 Å². The van der Waals surface area contributed by atoms with Crippen molar-refractivity contribution >= 4 is 34.3 Å². The molecule has 0 amide bonds. The molecule has 0 aromatic carbocycles. The third-order valence-corrected chi connectivity index (χ3v) is 4.69. The number of aryl methyl sites for hydroxylation is 1. The van der Waals surface area contributed by atoms with Crippen LogP contribution in [0.5, 0.6) is 0 Å². The minimum atomic E-state index is 0.226.